The lowest BCUT2D eigenvalue weighted by molar-refractivity contribution is 0.0898. The van der Waals surface area contributed by atoms with Crippen LogP contribution in [0.15, 0.2) is 30.3 Å². The van der Waals surface area contributed by atoms with Gasteiger partial charge in [0.15, 0.2) is 0 Å². The lowest BCUT2D eigenvalue weighted by Gasteiger charge is -2.41. The molecule has 106 valence electrons. The van der Waals surface area contributed by atoms with Gasteiger partial charge >= 0.3 is 0 Å². The van der Waals surface area contributed by atoms with Gasteiger partial charge in [-0.05, 0) is 43.1 Å². The van der Waals surface area contributed by atoms with Gasteiger partial charge in [0.05, 0.1) is 6.61 Å². The fourth-order valence-corrected chi connectivity index (χ4v) is 3.14. The summed E-state index contributed by atoms with van der Waals surface area (Å²) in [6.45, 7) is 5.74. The molecule has 0 aromatic heterocycles. The normalized spacial score (nSPS) is 27.7. The van der Waals surface area contributed by atoms with E-state index in [0.717, 1.165) is 31.2 Å². The highest BCUT2D eigenvalue weighted by atomic mass is 16.3. The van der Waals surface area contributed by atoms with Crippen molar-refractivity contribution in [1.29, 1.82) is 0 Å². The summed E-state index contributed by atoms with van der Waals surface area (Å²) in [5.74, 6) is 1.60. The highest BCUT2D eigenvalue weighted by molar-refractivity contribution is 5.15. The van der Waals surface area contributed by atoms with Gasteiger partial charge in [0.2, 0.25) is 0 Å². The third-order valence-corrected chi connectivity index (χ3v) is 4.74. The standard InChI is InChI=1S/C17H27NO/c1-14(2)16-8-10-17(13-19,11-9-16)18-12-15-6-4-3-5-7-15/h3-7,14,16,18-19H,8-13H2,1-2H3. The summed E-state index contributed by atoms with van der Waals surface area (Å²) >= 11 is 0. The molecule has 1 saturated carbocycles. The summed E-state index contributed by atoms with van der Waals surface area (Å²) in [5, 5.41) is 13.4. The molecule has 0 amide bonds. The van der Waals surface area contributed by atoms with E-state index in [4.69, 9.17) is 0 Å². The first-order valence-corrected chi connectivity index (χ1v) is 7.55. The molecule has 0 saturated heterocycles. The first-order valence-electron chi connectivity index (χ1n) is 7.55. The van der Waals surface area contributed by atoms with Crippen molar-refractivity contribution in [2.75, 3.05) is 6.61 Å². The van der Waals surface area contributed by atoms with Gasteiger partial charge in [-0.25, -0.2) is 0 Å². The third-order valence-electron chi connectivity index (χ3n) is 4.74. The summed E-state index contributed by atoms with van der Waals surface area (Å²) in [5.41, 5.74) is 1.24. The lowest BCUT2D eigenvalue weighted by atomic mass is 9.73. The van der Waals surface area contributed by atoms with Crippen molar-refractivity contribution < 1.29 is 5.11 Å². The first-order chi connectivity index (χ1) is 9.15. The molecule has 2 nitrogen and oxygen atoms in total. The molecule has 1 aromatic carbocycles. The molecule has 2 rings (SSSR count). The van der Waals surface area contributed by atoms with Gasteiger partial charge in [0.1, 0.15) is 0 Å². The van der Waals surface area contributed by atoms with E-state index in [1.54, 1.807) is 0 Å². The number of hydrogen-bond acceptors (Lipinski definition) is 2. The van der Waals surface area contributed by atoms with Gasteiger partial charge in [0.25, 0.3) is 0 Å². The number of hydrogen-bond donors (Lipinski definition) is 2. The Morgan fingerprint density at radius 3 is 2.37 bits per heavy atom. The van der Waals surface area contributed by atoms with Gasteiger partial charge in [0, 0.05) is 12.1 Å². The second kappa shape index (κ2) is 6.53. The van der Waals surface area contributed by atoms with Gasteiger partial charge < -0.3 is 10.4 Å². The van der Waals surface area contributed by atoms with Crippen molar-refractivity contribution >= 4 is 0 Å². The van der Waals surface area contributed by atoms with E-state index in [-0.39, 0.29) is 12.1 Å². The lowest BCUT2D eigenvalue weighted by Crippen LogP contribution is -2.50. The predicted molar refractivity (Wildman–Crippen MR) is 79.9 cm³/mol. The molecule has 1 aromatic rings. The quantitative estimate of drug-likeness (QED) is 0.852. The van der Waals surface area contributed by atoms with Crippen molar-refractivity contribution in [3.05, 3.63) is 35.9 Å². The molecule has 0 aliphatic heterocycles. The van der Waals surface area contributed by atoms with Crippen LogP contribution in [0.4, 0.5) is 0 Å². The van der Waals surface area contributed by atoms with Crippen LogP contribution >= 0.6 is 0 Å². The minimum atomic E-state index is -0.0543. The van der Waals surface area contributed by atoms with E-state index in [0.29, 0.717) is 0 Å². The van der Waals surface area contributed by atoms with Crippen LogP contribution in [0.3, 0.4) is 0 Å². The molecular weight excluding hydrogens is 234 g/mol. The number of nitrogens with one attached hydrogen (secondary N) is 1. The first kappa shape index (κ1) is 14.5. The minimum Gasteiger partial charge on any atom is -0.394 e. The summed E-state index contributed by atoms with van der Waals surface area (Å²) in [7, 11) is 0. The van der Waals surface area contributed by atoms with Crippen molar-refractivity contribution in [3.8, 4) is 0 Å². The number of benzene rings is 1. The average Bonchev–Trinajstić information content (AvgIpc) is 2.46. The molecule has 0 radical (unpaired) electrons. The fraction of sp³-hybridized carbons (Fsp3) is 0.647. The summed E-state index contributed by atoms with van der Waals surface area (Å²) < 4.78 is 0. The molecule has 0 heterocycles. The smallest absolute Gasteiger partial charge is 0.0613 e. The molecule has 0 unspecified atom stereocenters. The van der Waals surface area contributed by atoms with E-state index in [1.807, 2.05) is 6.07 Å². The number of aliphatic hydroxyl groups excluding tert-OH is 1. The van der Waals surface area contributed by atoms with Crippen LogP contribution < -0.4 is 5.32 Å². The predicted octanol–water partition coefficient (Wildman–Crippen LogP) is 3.35. The molecule has 19 heavy (non-hydrogen) atoms. The fourth-order valence-electron chi connectivity index (χ4n) is 3.14. The maximum Gasteiger partial charge on any atom is 0.0613 e. The van der Waals surface area contributed by atoms with Crippen LogP contribution in [0.5, 0.6) is 0 Å². The molecule has 0 atom stereocenters. The van der Waals surface area contributed by atoms with Crippen LogP contribution in [-0.4, -0.2) is 17.3 Å². The van der Waals surface area contributed by atoms with Gasteiger partial charge in [-0.3, -0.25) is 0 Å². The minimum absolute atomic E-state index is 0.0543. The van der Waals surface area contributed by atoms with Gasteiger partial charge in [-0.15, -0.1) is 0 Å². The van der Waals surface area contributed by atoms with Crippen LogP contribution in [0.25, 0.3) is 0 Å². The van der Waals surface area contributed by atoms with E-state index in [2.05, 4.69) is 43.4 Å². The maximum atomic E-state index is 9.78. The molecule has 1 aliphatic carbocycles. The van der Waals surface area contributed by atoms with Crippen LogP contribution in [0.2, 0.25) is 0 Å². The zero-order chi connectivity index (χ0) is 13.7. The molecule has 0 bridgehead atoms. The summed E-state index contributed by atoms with van der Waals surface area (Å²) in [6.07, 6.45) is 4.67. The third kappa shape index (κ3) is 3.80. The van der Waals surface area contributed by atoms with E-state index in [1.165, 1.54) is 18.4 Å². The zero-order valence-electron chi connectivity index (χ0n) is 12.2. The van der Waals surface area contributed by atoms with Crippen LogP contribution in [-0.2, 0) is 6.54 Å². The van der Waals surface area contributed by atoms with Gasteiger partial charge in [-0.1, -0.05) is 44.2 Å². The highest BCUT2D eigenvalue weighted by Crippen LogP contribution is 2.35. The maximum absolute atomic E-state index is 9.78. The van der Waals surface area contributed by atoms with E-state index in [9.17, 15) is 5.11 Å². The molecular formula is C17H27NO. The SMILES string of the molecule is CC(C)C1CCC(CO)(NCc2ccccc2)CC1. The molecule has 0 spiro atoms. The van der Waals surface area contributed by atoms with Gasteiger partial charge in [-0.2, -0.15) is 0 Å². The van der Waals surface area contributed by atoms with Crippen LogP contribution in [0, 0.1) is 11.8 Å². The largest absolute Gasteiger partial charge is 0.394 e. The Labute approximate surface area is 117 Å². The van der Waals surface area contributed by atoms with Crippen LogP contribution in [0.1, 0.15) is 45.1 Å². The highest BCUT2D eigenvalue weighted by Gasteiger charge is 2.34. The second-order valence-corrected chi connectivity index (χ2v) is 6.36. The van der Waals surface area contributed by atoms with E-state index >= 15 is 0 Å². The molecule has 1 aliphatic rings. The Hall–Kier alpha value is -0.860. The molecule has 2 heteroatoms. The molecule has 2 N–H and O–H groups in total. The Balaban J connectivity index is 1.90. The number of aliphatic hydroxyl groups is 1. The summed E-state index contributed by atoms with van der Waals surface area (Å²) in [4.78, 5) is 0. The van der Waals surface area contributed by atoms with E-state index < -0.39 is 0 Å². The zero-order valence-corrected chi connectivity index (χ0v) is 12.2. The monoisotopic (exact) mass is 261 g/mol. The van der Waals surface area contributed by atoms with Crippen molar-refractivity contribution in [2.45, 2.75) is 51.6 Å². The van der Waals surface area contributed by atoms with Crippen molar-refractivity contribution in [1.82, 2.24) is 5.32 Å². The number of rotatable bonds is 5. The van der Waals surface area contributed by atoms with Crippen molar-refractivity contribution in [3.63, 3.8) is 0 Å². The molecule has 1 fully saturated rings. The second-order valence-electron chi connectivity index (χ2n) is 6.36. The Kier molecular flexibility index (Phi) is 5.00. The van der Waals surface area contributed by atoms with Crippen molar-refractivity contribution in [2.24, 2.45) is 11.8 Å². The average molecular weight is 261 g/mol. The summed E-state index contributed by atoms with van der Waals surface area (Å²) in [6, 6.07) is 10.4. The Morgan fingerprint density at radius 1 is 1.21 bits per heavy atom. The Morgan fingerprint density at radius 2 is 1.84 bits per heavy atom. The Bertz CT molecular complexity index is 366. The topological polar surface area (TPSA) is 32.3 Å².